The molecule has 0 atom stereocenters. The second-order valence-corrected chi connectivity index (χ2v) is 5.62. The topological polar surface area (TPSA) is 65.5 Å². The zero-order valence-electron chi connectivity index (χ0n) is 13.2. The Morgan fingerprint density at radius 3 is 2.55 bits per heavy atom. The first-order valence-corrected chi connectivity index (χ1v) is 8.45. The van der Waals surface area contributed by atoms with E-state index >= 15 is 0 Å². The normalized spacial score (nSPS) is 11.2. The summed E-state index contributed by atoms with van der Waals surface area (Å²) >= 11 is 1.75. The lowest BCUT2D eigenvalue weighted by Gasteiger charge is -2.12. The van der Waals surface area contributed by atoms with Crippen LogP contribution in [0.1, 0.15) is 15.9 Å². The number of aryl methyl sites for hydroxylation is 1. The van der Waals surface area contributed by atoms with Gasteiger partial charge in [0, 0.05) is 38.0 Å². The lowest BCUT2D eigenvalue weighted by molar-refractivity contribution is 0.0954. The van der Waals surface area contributed by atoms with E-state index in [1.54, 1.807) is 37.9 Å². The van der Waals surface area contributed by atoms with Crippen molar-refractivity contribution in [3.63, 3.8) is 0 Å². The van der Waals surface area contributed by atoms with Gasteiger partial charge >= 0.3 is 0 Å². The van der Waals surface area contributed by atoms with E-state index in [-0.39, 0.29) is 11.7 Å². The molecule has 0 radical (unpaired) electrons. The largest absolute Gasteiger partial charge is 0.356 e. The van der Waals surface area contributed by atoms with Crippen LogP contribution >= 0.6 is 11.8 Å². The monoisotopic (exact) mass is 326 g/mol. The van der Waals surface area contributed by atoms with Crippen molar-refractivity contribution in [3.05, 3.63) is 35.1 Å². The number of thioether (sulfide) groups is 1. The zero-order chi connectivity index (χ0) is 16.4. The fourth-order valence-corrected chi connectivity index (χ4v) is 1.99. The fourth-order valence-electron chi connectivity index (χ4n) is 1.69. The fraction of sp³-hybridized carbons (Fsp3) is 0.467. The molecule has 0 aromatic heterocycles. The van der Waals surface area contributed by atoms with Crippen molar-refractivity contribution >= 4 is 23.6 Å². The highest BCUT2D eigenvalue weighted by atomic mass is 32.2. The minimum Gasteiger partial charge on any atom is -0.356 e. The Hall–Kier alpha value is -1.76. The Balaban J connectivity index is 2.31. The van der Waals surface area contributed by atoms with Gasteiger partial charge in [-0.25, -0.2) is 4.39 Å². The molecule has 1 aromatic rings. The van der Waals surface area contributed by atoms with Crippen LogP contribution in [0.25, 0.3) is 0 Å². The minimum absolute atomic E-state index is 0.286. The van der Waals surface area contributed by atoms with Crippen molar-refractivity contribution < 1.29 is 9.18 Å². The number of nitrogens with one attached hydrogen (secondary N) is 3. The van der Waals surface area contributed by atoms with Gasteiger partial charge in [-0.05, 0) is 30.9 Å². The van der Waals surface area contributed by atoms with Crippen molar-refractivity contribution in [1.29, 1.82) is 0 Å². The number of hydrogen-bond acceptors (Lipinski definition) is 3. The van der Waals surface area contributed by atoms with Gasteiger partial charge in [0.2, 0.25) is 0 Å². The molecular weight excluding hydrogens is 303 g/mol. The molecule has 7 heteroatoms. The molecular formula is C15H23FN4OS. The molecule has 0 saturated carbocycles. The molecule has 0 heterocycles. The van der Waals surface area contributed by atoms with E-state index in [4.69, 9.17) is 0 Å². The van der Waals surface area contributed by atoms with Crippen molar-refractivity contribution in [1.82, 2.24) is 16.0 Å². The zero-order valence-corrected chi connectivity index (χ0v) is 14.0. The number of halogens is 1. The molecule has 0 aliphatic rings. The maximum atomic E-state index is 13.4. The predicted molar refractivity (Wildman–Crippen MR) is 91.2 cm³/mol. The van der Waals surface area contributed by atoms with E-state index in [2.05, 4.69) is 20.9 Å². The maximum Gasteiger partial charge on any atom is 0.251 e. The smallest absolute Gasteiger partial charge is 0.251 e. The number of nitrogens with zero attached hydrogens (tertiary/aromatic N) is 1. The van der Waals surface area contributed by atoms with Gasteiger partial charge in [-0.15, -0.1) is 0 Å². The van der Waals surface area contributed by atoms with Gasteiger partial charge in [0.15, 0.2) is 5.96 Å². The van der Waals surface area contributed by atoms with Crippen molar-refractivity contribution in [2.45, 2.75) is 6.92 Å². The highest BCUT2D eigenvalue weighted by Crippen LogP contribution is 2.08. The molecule has 0 fully saturated rings. The first-order valence-electron chi connectivity index (χ1n) is 7.06. The number of rotatable bonds is 7. The molecule has 0 spiro atoms. The van der Waals surface area contributed by atoms with Gasteiger partial charge in [0.1, 0.15) is 5.82 Å². The Morgan fingerprint density at radius 1 is 1.23 bits per heavy atom. The summed E-state index contributed by atoms with van der Waals surface area (Å²) in [7, 11) is 1.70. The van der Waals surface area contributed by atoms with Crippen LogP contribution in [0.2, 0.25) is 0 Å². The third-order valence-electron chi connectivity index (χ3n) is 2.96. The van der Waals surface area contributed by atoms with Gasteiger partial charge in [0.05, 0.1) is 0 Å². The Labute approximate surface area is 135 Å². The molecule has 5 nitrogen and oxygen atoms in total. The number of guanidine groups is 1. The summed E-state index contributed by atoms with van der Waals surface area (Å²) in [6, 6.07) is 4.46. The maximum absolute atomic E-state index is 13.4. The van der Waals surface area contributed by atoms with Gasteiger partial charge in [0.25, 0.3) is 5.91 Å². The number of hydrogen-bond donors (Lipinski definition) is 3. The van der Waals surface area contributed by atoms with E-state index < -0.39 is 0 Å². The molecule has 1 rings (SSSR count). The molecule has 122 valence electrons. The predicted octanol–water partition coefficient (Wildman–Crippen LogP) is 1.39. The van der Waals surface area contributed by atoms with Crippen LogP contribution in [0.3, 0.4) is 0 Å². The third kappa shape index (κ3) is 6.34. The number of aliphatic imine (C=N–C) groups is 1. The molecule has 1 aromatic carbocycles. The summed E-state index contributed by atoms with van der Waals surface area (Å²) in [4.78, 5) is 16.0. The summed E-state index contributed by atoms with van der Waals surface area (Å²) < 4.78 is 13.4. The molecule has 22 heavy (non-hydrogen) atoms. The van der Waals surface area contributed by atoms with Crippen LogP contribution in [-0.2, 0) is 0 Å². The molecule has 0 aliphatic heterocycles. The first-order chi connectivity index (χ1) is 10.6. The summed E-state index contributed by atoms with van der Waals surface area (Å²) in [6.07, 6.45) is 2.04. The molecule has 1 amide bonds. The first kappa shape index (κ1) is 18.3. The van der Waals surface area contributed by atoms with Crippen molar-refractivity contribution in [2.24, 2.45) is 4.99 Å². The second kappa shape index (κ2) is 10.0. The Bertz CT molecular complexity index is 522. The number of amides is 1. The highest BCUT2D eigenvalue weighted by molar-refractivity contribution is 7.98. The van der Waals surface area contributed by atoms with E-state index in [0.29, 0.717) is 30.2 Å². The SMILES string of the molecule is CN=C(NCCNC(=O)c1ccc(C)c(F)c1)NCCSC. The molecule has 0 bridgehead atoms. The average molecular weight is 326 g/mol. The third-order valence-corrected chi connectivity index (χ3v) is 3.57. The van der Waals surface area contributed by atoms with Gasteiger partial charge < -0.3 is 16.0 Å². The summed E-state index contributed by atoms with van der Waals surface area (Å²) in [5.41, 5.74) is 0.851. The second-order valence-electron chi connectivity index (χ2n) is 4.64. The minimum atomic E-state index is -0.371. The molecule has 0 saturated heterocycles. The lowest BCUT2D eigenvalue weighted by atomic mass is 10.1. The lowest BCUT2D eigenvalue weighted by Crippen LogP contribution is -2.42. The number of carbonyl (C=O) groups excluding carboxylic acids is 1. The van der Waals surface area contributed by atoms with Crippen molar-refractivity contribution in [2.75, 3.05) is 38.7 Å². The van der Waals surface area contributed by atoms with Crippen LogP contribution in [0.4, 0.5) is 4.39 Å². The number of benzene rings is 1. The summed E-state index contributed by atoms with van der Waals surface area (Å²) in [5, 5.41) is 8.99. The average Bonchev–Trinajstić information content (AvgIpc) is 2.52. The molecule has 0 unspecified atom stereocenters. The quantitative estimate of drug-likeness (QED) is 0.402. The standard InChI is InChI=1S/C15H23FN4OS/c1-11-4-5-12(10-13(11)16)14(21)18-6-7-19-15(17-2)20-8-9-22-3/h4-5,10H,6-9H2,1-3H3,(H,18,21)(H2,17,19,20). The van der Waals surface area contributed by atoms with Gasteiger partial charge in [-0.3, -0.25) is 9.79 Å². The van der Waals surface area contributed by atoms with Crippen LogP contribution in [0.15, 0.2) is 23.2 Å². The van der Waals surface area contributed by atoms with E-state index in [0.717, 1.165) is 12.3 Å². The van der Waals surface area contributed by atoms with Gasteiger partial charge in [-0.1, -0.05) is 6.07 Å². The van der Waals surface area contributed by atoms with Crippen LogP contribution in [-0.4, -0.2) is 50.6 Å². The molecule has 3 N–H and O–H groups in total. The number of carbonyl (C=O) groups is 1. The van der Waals surface area contributed by atoms with E-state index in [1.807, 2.05) is 6.26 Å². The Kier molecular flexibility index (Phi) is 8.35. The van der Waals surface area contributed by atoms with Crippen LogP contribution in [0.5, 0.6) is 0 Å². The van der Waals surface area contributed by atoms with E-state index in [1.165, 1.54) is 6.07 Å². The molecule has 0 aliphatic carbocycles. The van der Waals surface area contributed by atoms with Crippen LogP contribution in [0, 0.1) is 12.7 Å². The van der Waals surface area contributed by atoms with Gasteiger partial charge in [-0.2, -0.15) is 11.8 Å². The Morgan fingerprint density at radius 2 is 1.91 bits per heavy atom. The summed E-state index contributed by atoms with van der Waals surface area (Å²) in [5.74, 6) is 1.04. The summed E-state index contributed by atoms with van der Waals surface area (Å²) in [6.45, 7) is 3.46. The van der Waals surface area contributed by atoms with E-state index in [9.17, 15) is 9.18 Å². The van der Waals surface area contributed by atoms with Crippen molar-refractivity contribution in [3.8, 4) is 0 Å². The highest BCUT2D eigenvalue weighted by Gasteiger charge is 2.07. The van der Waals surface area contributed by atoms with Crippen LogP contribution < -0.4 is 16.0 Å².